The fourth-order valence-electron chi connectivity index (χ4n) is 2.58. The lowest BCUT2D eigenvalue weighted by molar-refractivity contribution is 1.25. The summed E-state index contributed by atoms with van der Waals surface area (Å²) < 4.78 is 0. The number of hydrogen-bond acceptors (Lipinski definition) is 4. The smallest absolute Gasteiger partial charge is 0.142 e. The van der Waals surface area contributed by atoms with E-state index in [4.69, 9.17) is 17.3 Å². The van der Waals surface area contributed by atoms with Crippen LogP contribution in [0.2, 0.25) is 5.02 Å². The second kappa shape index (κ2) is 6.07. The zero-order valence-electron chi connectivity index (χ0n) is 12.4. The van der Waals surface area contributed by atoms with E-state index in [2.05, 4.69) is 16.0 Å². The molecular weight excluding hydrogens is 308 g/mol. The van der Waals surface area contributed by atoms with Crippen molar-refractivity contribution in [3.63, 3.8) is 0 Å². The summed E-state index contributed by atoms with van der Waals surface area (Å²) in [7, 11) is 0. The van der Waals surface area contributed by atoms with Gasteiger partial charge in [-0.25, -0.2) is 4.98 Å². The van der Waals surface area contributed by atoms with Crippen LogP contribution in [0.5, 0.6) is 0 Å². The van der Waals surface area contributed by atoms with Crippen molar-refractivity contribution in [2.45, 2.75) is 6.92 Å². The van der Waals surface area contributed by atoms with Crippen LogP contribution in [0.15, 0.2) is 48.8 Å². The number of halogens is 1. The van der Waals surface area contributed by atoms with Crippen LogP contribution < -0.4 is 5.73 Å². The Morgan fingerprint density at radius 2 is 1.70 bits per heavy atom. The number of nitrogen functional groups attached to an aromatic ring is 1. The number of aromatic nitrogens is 2. The van der Waals surface area contributed by atoms with Crippen molar-refractivity contribution in [3.8, 4) is 28.5 Å². The summed E-state index contributed by atoms with van der Waals surface area (Å²) in [4.78, 5) is 8.45. The van der Waals surface area contributed by atoms with E-state index in [1.54, 1.807) is 24.5 Å². The zero-order chi connectivity index (χ0) is 16.4. The summed E-state index contributed by atoms with van der Waals surface area (Å²) in [6.07, 6.45) is 3.38. The van der Waals surface area contributed by atoms with Crippen LogP contribution in [0.3, 0.4) is 0 Å². The molecule has 0 aliphatic carbocycles. The molecule has 2 heterocycles. The number of anilines is 1. The lowest BCUT2D eigenvalue weighted by atomic mass is 9.93. The van der Waals surface area contributed by atoms with Crippen molar-refractivity contribution in [2.75, 3.05) is 5.73 Å². The summed E-state index contributed by atoms with van der Waals surface area (Å²) in [5.74, 6) is 0.217. The third-order valence-corrected chi connectivity index (χ3v) is 3.92. The average molecular weight is 321 g/mol. The molecule has 112 valence electrons. The van der Waals surface area contributed by atoms with E-state index in [0.29, 0.717) is 10.6 Å². The first kappa shape index (κ1) is 15.0. The predicted molar refractivity (Wildman–Crippen MR) is 91.8 cm³/mol. The van der Waals surface area contributed by atoms with E-state index in [1.807, 2.05) is 31.2 Å². The number of rotatable bonds is 2. The highest BCUT2D eigenvalue weighted by Crippen LogP contribution is 2.35. The summed E-state index contributed by atoms with van der Waals surface area (Å²) in [5.41, 5.74) is 10.6. The summed E-state index contributed by atoms with van der Waals surface area (Å²) in [6.45, 7) is 1.94. The minimum Gasteiger partial charge on any atom is -0.383 e. The van der Waals surface area contributed by atoms with Gasteiger partial charge in [-0.3, -0.25) is 4.98 Å². The van der Waals surface area contributed by atoms with Gasteiger partial charge in [0.05, 0.1) is 5.69 Å². The standard InChI is InChI=1S/C18H13ClN4/c1-11-16(12-6-8-22-9-7-12)15(10-20)18(21)23-17(11)13-2-4-14(19)5-3-13/h2-9H,1H3,(H2,21,23). The summed E-state index contributed by atoms with van der Waals surface area (Å²) >= 11 is 5.95. The molecule has 0 saturated carbocycles. The number of benzene rings is 1. The Morgan fingerprint density at radius 3 is 2.30 bits per heavy atom. The topological polar surface area (TPSA) is 75.6 Å². The molecule has 2 N–H and O–H groups in total. The molecule has 0 atom stereocenters. The normalized spacial score (nSPS) is 10.3. The van der Waals surface area contributed by atoms with Gasteiger partial charge in [0.1, 0.15) is 17.5 Å². The molecule has 5 heteroatoms. The van der Waals surface area contributed by atoms with Crippen LogP contribution >= 0.6 is 11.6 Å². The van der Waals surface area contributed by atoms with Crippen LogP contribution in [0.4, 0.5) is 5.82 Å². The maximum Gasteiger partial charge on any atom is 0.142 e. The Morgan fingerprint density at radius 1 is 1.04 bits per heavy atom. The molecule has 0 amide bonds. The maximum atomic E-state index is 9.48. The molecular formula is C18H13ClN4. The number of pyridine rings is 2. The van der Waals surface area contributed by atoms with E-state index in [0.717, 1.165) is 27.9 Å². The molecule has 3 aromatic rings. The maximum absolute atomic E-state index is 9.48. The van der Waals surface area contributed by atoms with E-state index in [9.17, 15) is 5.26 Å². The van der Waals surface area contributed by atoms with Gasteiger partial charge in [0.25, 0.3) is 0 Å². The van der Waals surface area contributed by atoms with E-state index >= 15 is 0 Å². The van der Waals surface area contributed by atoms with Gasteiger partial charge >= 0.3 is 0 Å². The van der Waals surface area contributed by atoms with Gasteiger partial charge in [-0.1, -0.05) is 23.7 Å². The molecule has 0 bridgehead atoms. The van der Waals surface area contributed by atoms with E-state index < -0.39 is 0 Å². The minimum atomic E-state index is 0.217. The predicted octanol–water partition coefficient (Wildman–Crippen LogP) is 4.23. The van der Waals surface area contributed by atoms with Crippen LogP contribution in [-0.2, 0) is 0 Å². The lowest BCUT2D eigenvalue weighted by Crippen LogP contribution is -2.03. The molecule has 0 radical (unpaired) electrons. The number of nitrogens with two attached hydrogens (primary N) is 1. The van der Waals surface area contributed by atoms with Crippen molar-refractivity contribution in [2.24, 2.45) is 0 Å². The second-order valence-corrected chi connectivity index (χ2v) is 5.51. The third-order valence-electron chi connectivity index (χ3n) is 3.67. The van der Waals surface area contributed by atoms with Crippen molar-refractivity contribution < 1.29 is 0 Å². The van der Waals surface area contributed by atoms with Gasteiger partial charge in [-0.15, -0.1) is 0 Å². The molecule has 23 heavy (non-hydrogen) atoms. The quantitative estimate of drug-likeness (QED) is 0.766. The van der Waals surface area contributed by atoms with Gasteiger partial charge in [-0.2, -0.15) is 5.26 Å². The monoisotopic (exact) mass is 320 g/mol. The van der Waals surface area contributed by atoms with Crippen LogP contribution in [0.1, 0.15) is 11.1 Å². The fraction of sp³-hybridized carbons (Fsp3) is 0.0556. The third kappa shape index (κ3) is 2.75. The number of nitrogens with zero attached hydrogens (tertiary/aromatic N) is 3. The van der Waals surface area contributed by atoms with Crippen LogP contribution in [-0.4, -0.2) is 9.97 Å². The highest BCUT2D eigenvalue weighted by molar-refractivity contribution is 6.30. The Balaban J connectivity index is 2.31. The van der Waals surface area contributed by atoms with Crippen molar-refractivity contribution in [1.29, 1.82) is 5.26 Å². The lowest BCUT2D eigenvalue weighted by Gasteiger charge is -2.15. The van der Waals surface area contributed by atoms with E-state index in [-0.39, 0.29) is 5.82 Å². The van der Waals surface area contributed by atoms with Crippen molar-refractivity contribution >= 4 is 17.4 Å². The number of nitriles is 1. The molecule has 1 aromatic carbocycles. The van der Waals surface area contributed by atoms with Crippen molar-refractivity contribution in [3.05, 3.63) is 64.9 Å². The van der Waals surface area contributed by atoms with Crippen LogP contribution in [0, 0.1) is 18.3 Å². The van der Waals surface area contributed by atoms with Gasteiger partial charge in [-0.05, 0) is 42.3 Å². The first-order valence-corrected chi connectivity index (χ1v) is 7.36. The number of hydrogen-bond donors (Lipinski definition) is 1. The highest BCUT2D eigenvalue weighted by atomic mass is 35.5. The Labute approximate surface area is 139 Å². The van der Waals surface area contributed by atoms with Gasteiger partial charge in [0, 0.05) is 28.5 Å². The Hall–Kier alpha value is -2.90. The zero-order valence-corrected chi connectivity index (χ0v) is 13.2. The SMILES string of the molecule is Cc1c(-c2ccc(Cl)cc2)nc(N)c(C#N)c1-c1ccncc1. The minimum absolute atomic E-state index is 0.217. The molecule has 2 aromatic heterocycles. The molecule has 3 rings (SSSR count). The summed E-state index contributed by atoms with van der Waals surface area (Å²) in [5, 5.41) is 10.1. The highest BCUT2D eigenvalue weighted by Gasteiger charge is 2.18. The van der Waals surface area contributed by atoms with Gasteiger partial charge in [0.2, 0.25) is 0 Å². The average Bonchev–Trinajstić information content (AvgIpc) is 2.58. The molecule has 4 nitrogen and oxygen atoms in total. The summed E-state index contributed by atoms with van der Waals surface area (Å²) in [6, 6.07) is 13.3. The Kier molecular flexibility index (Phi) is 3.96. The molecule has 0 unspecified atom stereocenters. The van der Waals surface area contributed by atoms with Gasteiger partial charge < -0.3 is 5.73 Å². The first-order valence-electron chi connectivity index (χ1n) is 6.98. The van der Waals surface area contributed by atoms with E-state index in [1.165, 1.54) is 0 Å². The first-order chi connectivity index (χ1) is 11.1. The molecule has 0 aliphatic rings. The molecule has 0 fully saturated rings. The Bertz CT molecular complexity index is 897. The fourth-order valence-corrected chi connectivity index (χ4v) is 2.70. The van der Waals surface area contributed by atoms with Crippen molar-refractivity contribution in [1.82, 2.24) is 9.97 Å². The largest absolute Gasteiger partial charge is 0.383 e. The molecule has 0 saturated heterocycles. The van der Waals surface area contributed by atoms with Gasteiger partial charge in [0.15, 0.2) is 0 Å². The van der Waals surface area contributed by atoms with Crippen LogP contribution in [0.25, 0.3) is 22.4 Å². The molecule has 0 spiro atoms. The molecule has 0 aliphatic heterocycles. The second-order valence-electron chi connectivity index (χ2n) is 5.08.